The van der Waals surface area contributed by atoms with Gasteiger partial charge in [-0.2, -0.15) is 4.31 Å². The molecular weight excluding hydrogens is 364 g/mol. The van der Waals surface area contributed by atoms with Crippen LogP contribution >= 0.6 is 0 Å². The molecule has 0 fully saturated rings. The number of carbonyl (C=O) groups is 1. The number of nitrogens with one attached hydrogen (secondary N) is 1. The minimum absolute atomic E-state index is 0.204. The van der Waals surface area contributed by atoms with E-state index in [-0.39, 0.29) is 16.8 Å². The van der Waals surface area contributed by atoms with E-state index in [9.17, 15) is 13.2 Å². The molecule has 0 aliphatic rings. The van der Waals surface area contributed by atoms with Crippen LogP contribution in [0.3, 0.4) is 0 Å². The van der Waals surface area contributed by atoms with Crippen LogP contribution in [-0.4, -0.2) is 38.8 Å². The summed E-state index contributed by atoms with van der Waals surface area (Å²) in [4.78, 5) is 12.6. The van der Waals surface area contributed by atoms with Gasteiger partial charge in [0.1, 0.15) is 5.75 Å². The number of hydrogen-bond donors (Lipinski definition) is 1. The summed E-state index contributed by atoms with van der Waals surface area (Å²) in [6.45, 7) is 6.33. The highest BCUT2D eigenvalue weighted by molar-refractivity contribution is 7.89. The molecule has 6 nitrogen and oxygen atoms in total. The van der Waals surface area contributed by atoms with Gasteiger partial charge in [-0.05, 0) is 48.9 Å². The van der Waals surface area contributed by atoms with Crippen molar-refractivity contribution in [2.24, 2.45) is 0 Å². The van der Waals surface area contributed by atoms with E-state index in [4.69, 9.17) is 4.74 Å². The second-order valence-electron chi connectivity index (χ2n) is 6.08. The number of rotatable bonds is 8. The van der Waals surface area contributed by atoms with Gasteiger partial charge in [0.25, 0.3) is 5.91 Å². The Morgan fingerprint density at radius 3 is 2.07 bits per heavy atom. The number of nitrogens with zero attached hydrogens (tertiary/aromatic N) is 1. The summed E-state index contributed by atoms with van der Waals surface area (Å²) in [6.07, 6.45) is 0. The molecule has 0 spiro atoms. The molecule has 0 unspecified atom stereocenters. The monoisotopic (exact) mass is 390 g/mol. The highest BCUT2D eigenvalue weighted by atomic mass is 32.2. The third kappa shape index (κ3) is 4.87. The number of hydrogen-bond acceptors (Lipinski definition) is 4. The summed E-state index contributed by atoms with van der Waals surface area (Å²) in [5.74, 6) is 0.481. The van der Waals surface area contributed by atoms with Crippen molar-refractivity contribution in [3.05, 3.63) is 59.7 Å². The summed E-state index contributed by atoms with van der Waals surface area (Å²) in [6, 6.07) is 13.2. The average Bonchev–Trinajstić information content (AvgIpc) is 2.68. The molecule has 2 aromatic rings. The molecule has 1 N–H and O–H groups in total. The zero-order chi connectivity index (χ0) is 20.0. The van der Waals surface area contributed by atoms with Gasteiger partial charge in [-0.25, -0.2) is 8.42 Å². The number of sulfonamides is 1. The predicted octanol–water partition coefficient (Wildman–Crippen LogP) is 3.22. The molecule has 0 radical (unpaired) electrons. The number of methoxy groups -OCH3 is 1. The summed E-state index contributed by atoms with van der Waals surface area (Å²) < 4.78 is 31.6. The van der Waals surface area contributed by atoms with Crippen LogP contribution < -0.4 is 10.1 Å². The summed E-state index contributed by atoms with van der Waals surface area (Å²) >= 11 is 0. The summed E-state index contributed by atoms with van der Waals surface area (Å²) in [5, 5.41) is 2.91. The Morgan fingerprint density at radius 2 is 1.59 bits per heavy atom. The van der Waals surface area contributed by atoms with Crippen LogP contribution in [-0.2, 0) is 10.0 Å². The molecule has 0 aromatic heterocycles. The first-order valence-electron chi connectivity index (χ1n) is 8.88. The van der Waals surface area contributed by atoms with Crippen molar-refractivity contribution >= 4 is 15.9 Å². The van der Waals surface area contributed by atoms with E-state index in [2.05, 4.69) is 5.32 Å². The number of amides is 1. The van der Waals surface area contributed by atoms with Gasteiger partial charge < -0.3 is 10.1 Å². The van der Waals surface area contributed by atoms with Crippen molar-refractivity contribution in [1.82, 2.24) is 9.62 Å². The van der Waals surface area contributed by atoms with Crippen molar-refractivity contribution < 1.29 is 17.9 Å². The Morgan fingerprint density at radius 1 is 1.04 bits per heavy atom. The first kappa shape index (κ1) is 20.9. The van der Waals surface area contributed by atoms with Gasteiger partial charge in [0.2, 0.25) is 10.0 Å². The van der Waals surface area contributed by atoms with Gasteiger partial charge in [0.05, 0.1) is 18.0 Å². The highest BCUT2D eigenvalue weighted by Gasteiger charge is 2.21. The maximum absolute atomic E-state index is 12.5. The first-order valence-corrected chi connectivity index (χ1v) is 10.3. The average molecular weight is 391 g/mol. The fourth-order valence-corrected chi connectivity index (χ4v) is 4.20. The molecule has 146 valence electrons. The topological polar surface area (TPSA) is 75.7 Å². The van der Waals surface area contributed by atoms with Crippen LogP contribution in [0.25, 0.3) is 0 Å². The fourth-order valence-electron chi connectivity index (χ4n) is 2.75. The third-order valence-electron chi connectivity index (χ3n) is 4.42. The van der Waals surface area contributed by atoms with Crippen molar-refractivity contribution in [2.75, 3.05) is 20.2 Å². The smallest absolute Gasteiger partial charge is 0.251 e. The molecule has 0 saturated carbocycles. The molecular formula is C20H26N2O4S. The Bertz CT molecular complexity index is 858. The van der Waals surface area contributed by atoms with E-state index in [0.717, 1.165) is 5.56 Å². The standard InChI is InChI=1S/C20H26N2O4S/c1-5-22(6-2)27(24,25)19-13-9-16(10-14-19)15(3)21-20(23)17-7-11-18(26-4)12-8-17/h7-15H,5-6H2,1-4H3,(H,21,23)/t15-/m0/s1. The Kier molecular flexibility index (Phi) is 6.98. The van der Waals surface area contributed by atoms with Crippen molar-refractivity contribution in [2.45, 2.75) is 31.7 Å². The van der Waals surface area contributed by atoms with E-state index in [1.807, 2.05) is 20.8 Å². The van der Waals surface area contributed by atoms with Crippen molar-refractivity contribution in [3.8, 4) is 5.75 Å². The van der Waals surface area contributed by atoms with Crippen LogP contribution in [0.5, 0.6) is 5.75 Å². The molecule has 0 bridgehead atoms. The summed E-state index contributed by atoms with van der Waals surface area (Å²) in [7, 11) is -1.91. The molecule has 27 heavy (non-hydrogen) atoms. The summed E-state index contributed by atoms with van der Waals surface area (Å²) in [5.41, 5.74) is 1.36. The normalized spacial score (nSPS) is 12.6. The largest absolute Gasteiger partial charge is 0.497 e. The minimum Gasteiger partial charge on any atom is -0.497 e. The molecule has 0 aliphatic carbocycles. The maximum Gasteiger partial charge on any atom is 0.251 e. The van der Waals surface area contributed by atoms with Crippen LogP contribution in [0.1, 0.15) is 42.7 Å². The van der Waals surface area contributed by atoms with Crippen LogP contribution in [0.15, 0.2) is 53.4 Å². The zero-order valence-corrected chi connectivity index (χ0v) is 16.9. The lowest BCUT2D eigenvalue weighted by molar-refractivity contribution is 0.0940. The molecule has 0 saturated heterocycles. The van der Waals surface area contributed by atoms with Gasteiger partial charge in [0, 0.05) is 18.7 Å². The van der Waals surface area contributed by atoms with Gasteiger partial charge in [0.15, 0.2) is 0 Å². The van der Waals surface area contributed by atoms with Gasteiger partial charge >= 0.3 is 0 Å². The number of carbonyl (C=O) groups excluding carboxylic acids is 1. The zero-order valence-electron chi connectivity index (χ0n) is 16.1. The van der Waals surface area contributed by atoms with Crippen molar-refractivity contribution in [1.29, 1.82) is 0 Å². The second-order valence-corrected chi connectivity index (χ2v) is 8.02. The fraction of sp³-hybridized carbons (Fsp3) is 0.350. The van der Waals surface area contributed by atoms with E-state index < -0.39 is 10.0 Å². The Labute approximate surface area is 161 Å². The predicted molar refractivity (Wildman–Crippen MR) is 105 cm³/mol. The molecule has 0 aliphatic heterocycles. The quantitative estimate of drug-likeness (QED) is 0.751. The van der Waals surface area contributed by atoms with Crippen LogP contribution in [0.4, 0.5) is 0 Å². The first-order chi connectivity index (χ1) is 12.8. The molecule has 7 heteroatoms. The molecule has 2 rings (SSSR count). The van der Waals surface area contributed by atoms with Crippen LogP contribution in [0.2, 0.25) is 0 Å². The third-order valence-corrected chi connectivity index (χ3v) is 6.49. The van der Waals surface area contributed by atoms with Gasteiger partial charge in [-0.15, -0.1) is 0 Å². The lowest BCUT2D eigenvalue weighted by Crippen LogP contribution is -2.30. The lowest BCUT2D eigenvalue weighted by atomic mass is 10.1. The van der Waals surface area contributed by atoms with Crippen LogP contribution in [0, 0.1) is 0 Å². The lowest BCUT2D eigenvalue weighted by Gasteiger charge is -2.19. The Balaban J connectivity index is 2.10. The highest BCUT2D eigenvalue weighted by Crippen LogP contribution is 2.20. The second kappa shape index (κ2) is 9.01. The van der Waals surface area contributed by atoms with Gasteiger partial charge in [-0.1, -0.05) is 26.0 Å². The SMILES string of the molecule is CCN(CC)S(=O)(=O)c1ccc([C@H](C)NC(=O)c2ccc(OC)cc2)cc1. The van der Waals surface area contributed by atoms with Gasteiger partial charge in [-0.3, -0.25) is 4.79 Å². The molecule has 0 heterocycles. The van der Waals surface area contributed by atoms with E-state index in [1.54, 1.807) is 55.6 Å². The maximum atomic E-state index is 12.5. The Hall–Kier alpha value is -2.38. The number of benzene rings is 2. The minimum atomic E-state index is -3.48. The van der Waals surface area contributed by atoms with Crippen molar-refractivity contribution in [3.63, 3.8) is 0 Å². The van der Waals surface area contributed by atoms with E-state index in [0.29, 0.717) is 24.4 Å². The molecule has 1 atom stereocenters. The number of ether oxygens (including phenoxy) is 1. The van der Waals surface area contributed by atoms with E-state index >= 15 is 0 Å². The van der Waals surface area contributed by atoms with E-state index in [1.165, 1.54) is 4.31 Å². The molecule has 2 aromatic carbocycles. The molecule has 1 amide bonds.